The van der Waals surface area contributed by atoms with Crippen LogP contribution in [0.1, 0.15) is 57.8 Å². The average molecular weight is 696 g/mol. The van der Waals surface area contributed by atoms with Gasteiger partial charge in [0.1, 0.15) is 24.8 Å². The van der Waals surface area contributed by atoms with E-state index in [4.69, 9.17) is 26.4 Å². The Morgan fingerprint density at radius 2 is 1.47 bits per heavy atom. The Hall–Kier alpha value is -3.26. The zero-order chi connectivity index (χ0) is 32.4. The SMILES string of the molecule is Cl.Cl.N[C@@H](CCC(=O)N1CCCC(CO[N+](=O)[O-])C1)C(=O)O.N[C@@H](CCC(=O)OCCCN1CCC(O[N+](=O)[O-])CC1)C(=O)O. The molecular formula is C24H44Cl2N6O13. The molecule has 0 saturated carbocycles. The number of halogens is 2. The number of likely N-dealkylation sites (tertiary alicyclic amines) is 2. The van der Waals surface area contributed by atoms with Gasteiger partial charge >= 0.3 is 17.9 Å². The number of carbonyl (C=O) groups excluding carboxylic acids is 2. The van der Waals surface area contributed by atoms with E-state index in [2.05, 4.69) is 14.6 Å². The molecule has 2 fully saturated rings. The number of rotatable bonds is 17. The molecule has 0 radical (unpaired) electrons. The van der Waals surface area contributed by atoms with E-state index in [0.29, 0.717) is 45.4 Å². The Balaban J connectivity index is 0. The number of hydrogen-bond donors (Lipinski definition) is 4. The molecule has 0 aliphatic carbocycles. The summed E-state index contributed by atoms with van der Waals surface area (Å²) in [6, 6.07) is -2.09. The van der Waals surface area contributed by atoms with Gasteiger partial charge in [0, 0.05) is 51.5 Å². The first-order valence-corrected chi connectivity index (χ1v) is 14.0. The number of ether oxygens (including phenoxy) is 1. The molecule has 0 aromatic carbocycles. The summed E-state index contributed by atoms with van der Waals surface area (Å²) in [6.07, 6.45) is 3.23. The van der Waals surface area contributed by atoms with Gasteiger partial charge in [-0.15, -0.1) is 45.0 Å². The Morgan fingerprint density at radius 3 is 2.00 bits per heavy atom. The van der Waals surface area contributed by atoms with Gasteiger partial charge in [0.25, 0.3) is 10.2 Å². The maximum absolute atomic E-state index is 11.9. The molecule has 0 spiro atoms. The minimum absolute atomic E-state index is 0. The first-order chi connectivity index (χ1) is 20.3. The van der Waals surface area contributed by atoms with Gasteiger partial charge in [-0.3, -0.25) is 19.2 Å². The molecule has 3 atom stereocenters. The number of carboxylic acid groups (broad SMARTS) is 2. The highest BCUT2D eigenvalue weighted by Gasteiger charge is 2.25. The number of nitrogens with zero attached hydrogens (tertiary/aromatic N) is 4. The van der Waals surface area contributed by atoms with Crippen LogP contribution in [-0.2, 0) is 33.6 Å². The third kappa shape index (κ3) is 20.4. The third-order valence-electron chi connectivity index (χ3n) is 6.90. The van der Waals surface area contributed by atoms with Crippen LogP contribution in [-0.4, -0.2) is 118 Å². The van der Waals surface area contributed by atoms with E-state index in [-0.39, 0.29) is 81.6 Å². The Labute approximate surface area is 271 Å². The predicted octanol–water partition coefficient (Wildman–Crippen LogP) is 0.254. The van der Waals surface area contributed by atoms with Gasteiger partial charge in [-0.25, -0.2) is 0 Å². The van der Waals surface area contributed by atoms with Gasteiger partial charge in [0.2, 0.25) is 5.91 Å². The fourth-order valence-electron chi connectivity index (χ4n) is 4.46. The molecule has 19 nitrogen and oxygen atoms in total. The van der Waals surface area contributed by atoms with Gasteiger partial charge in [0.05, 0.1) is 6.61 Å². The number of piperidine rings is 2. The summed E-state index contributed by atoms with van der Waals surface area (Å²) in [7, 11) is 0. The maximum Gasteiger partial charge on any atom is 0.320 e. The molecular weight excluding hydrogens is 651 g/mol. The molecule has 21 heteroatoms. The molecule has 0 aromatic rings. The van der Waals surface area contributed by atoms with Crippen LogP contribution in [0.15, 0.2) is 0 Å². The van der Waals surface area contributed by atoms with E-state index in [1.54, 1.807) is 4.90 Å². The van der Waals surface area contributed by atoms with Gasteiger partial charge < -0.3 is 45.9 Å². The van der Waals surface area contributed by atoms with Gasteiger partial charge in [-0.2, -0.15) is 0 Å². The van der Waals surface area contributed by atoms with Crippen LogP contribution >= 0.6 is 24.8 Å². The van der Waals surface area contributed by atoms with E-state index >= 15 is 0 Å². The number of nitrogens with two attached hydrogens (primary N) is 2. The zero-order valence-corrected chi connectivity index (χ0v) is 26.4. The molecule has 2 rings (SSSR count). The number of esters is 1. The van der Waals surface area contributed by atoms with E-state index in [9.17, 15) is 39.4 Å². The number of carbonyl (C=O) groups is 4. The Kier molecular flexibility index (Phi) is 23.4. The van der Waals surface area contributed by atoms with E-state index < -0.39 is 40.2 Å². The summed E-state index contributed by atoms with van der Waals surface area (Å²) in [5, 5.41) is 36.0. The van der Waals surface area contributed by atoms with Gasteiger partial charge in [-0.1, -0.05) is 0 Å². The van der Waals surface area contributed by atoms with Crippen LogP contribution < -0.4 is 11.5 Å². The number of amides is 1. The van der Waals surface area contributed by atoms with Crippen LogP contribution in [0.5, 0.6) is 0 Å². The summed E-state index contributed by atoms with van der Waals surface area (Å²) < 4.78 is 5.01. The molecule has 2 heterocycles. The Morgan fingerprint density at radius 1 is 0.889 bits per heavy atom. The van der Waals surface area contributed by atoms with Crippen molar-refractivity contribution in [2.24, 2.45) is 17.4 Å². The van der Waals surface area contributed by atoms with Crippen LogP contribution in [0.4, 0.5) is 0 Å². The molecule has 0 bridgehead atoms. The minimum Gasteiger partial charge on any atom is -0.480 e. The zero-order valence-electron chi connectivity index (χ0n) is 24.8. The molecule has 262 valence electrons. The summed E-state index contributed by atoms with van der Waals surface area (Å²) >= 11 is 0. The molecule has 1 unspecified atom stereocenters. The van der Waals surface area contributed by atoms with E-state index in [0.717, 1.165) is 19.4 Å². The van der Waals surface area contributed by atoms with Crippen LogP contribution in [0.3, 0.4) is 0 Å². The Bertz CT molecular complexity index is 943. The van der Waals surface area contributed by atoms with Crippen molar-refractivity contribution in [3.8, 4) is 0 Å². The first kappa shape index (κ1) is 43.9. The van der Waals surface area contributed by atoms with Gasteiger partial charge in [0.15, 0.2) is 0 Å². The lowest BCUT2D eigenvalue weighted by Crippen LogP contribution is -2.42. The topological polar surface area (TPSA) is 281 Å². The van der Waals surface area contributed by atoms with Crippen LogP contribution in [0.25, 0.3) is 0 Å². The highest BCUT2D eigenvalue weighted by molar-refractivity contribution is 5.85. The van der Waals surface area contributed by atoms with E-state index in [1.807, 2.05) is 0 Å². The standard InChI is InChI=1S/C13H23N3O7.C11H19N3O6.2ClH/c14-11(13(18)19)2-3-12(17)22-9-1-6-15-7-4-10(5-8-15)23-16(20)21;12-9(11(16)17)3-4-10(15)13-5-1-2-8(6-13)7-20-14(18)19;;/h10-11H,1-9,14H2,(H,18,19);8-9H,1-7,12H2,(H,16,17);2*1H/t11-;8?,9-;;/m00../s1. The van der Waals surface area contributed by atoms with Crippen molar-refractivity contribution >= 4 is 48.6 Å². The number of aliphatic carboxylic acids is 2. The van der Waals surface area contributed by atoms with Crippen LogP contribution in [0, 0.1) is 26.1 Å². The lowest BCUT2D eigenvalue weighted by Gasteiger charge is -2.32. The average Bonchev–Trinajstić information content (AvgIpc) is 2.96. The lowest BCUT2D eigenvalue weighted by atomic mass is 9.98. The molecule has 6 N–H and O–H groups in total. The predicted molar refractivity (Wildman–Crippen MR) is 160 cm³/mol. The van der Waals surface area contributed by atoms with Gasteiger partial charge in [-0.05, 0) is 44.9 Å². The molecule has 2 saturated heterocycles. The second kappa shape index (κ2) is 24.0. The van der Waals surface area contributed by atoms with Crippen molar-refractivity contribution in [3.63, 3.8) is 0 Å². The summed E-state index contributed by atoms with van der Waals surface area (Å²) in [4.78, 5) is 77.3. The smallest absolute Gasteiger partial charge is 0.320 e. The minimum atomic E-state index is -1.14. The second-order valence-corrected chi connectivity index (χ2v) is 10.3. The second-order valence-electron chi connectivity index (χ2n) is 10.3. The summed E-state index contributed by atoms with van der Waals surface area (Å²) in [6.45, 7) is 3.36. The molecule has 45 heavy (non-hydrogen) atoms. The summed E-state index contributed by atoms with van der Waals surface area (Å²) in [5.74, 6) is -2.96. The summed E-state index contributed by atoms with van der Waals surface area (Å²) in [5.41, 5.74) is 10.6. The van der Waals surface area contributed by atoms with Crippen molar-refractivity contribution in [1.82, 2.24) is 9.80 Å². The van der Waals surface area contributed by atoms with Crippen molar-refractivity contribution < 1.29 is 54.0 Å². The molecule has 2 aliphatic rings. The normalized spacial score (nSPS) is 17.9. The maximum atomic E-state index is 11.9. The number of hydrogen-bond acceptors (Lipinski definition) is 14. The van der Waals surface area contributed by atoms with Crippen molar-refractivity contribution in [2.75, 3.05) is 45.9 Å². The highest BCUT2D eigenvalue weighted by Crippen LogP contribution is 2.18. The highest BCUT2D eigenvalue weighted by atomic mass is 35.5. The van der Waals surface area contributed by atoms with E-state index in [1.165, 1.54) is 0 Å². The fourth-order valence-corrected chi connectivity index (χ4v) is 4.46. The largest absolute Gasteiger partial charge is 0.480 e. The van der Waals surface area contributed by atoms with Crippen LogP contribution in [0.2, 0.25) is 0 Å². The quantitative estimate of drug-likeness (QED) is 0.0687. The molecule has 1 amide bonds. The number of carboxylic acids is 2. The first-order valence-electron chi connectivity index (χ1n) is 14.0. The van der Waals surface area contributed by atoms with Crippen molar-refractivity contribution in [3.05, 3.63) is 20.2 Å². The third-order valence-corrected chi connectivity index (χ3v) is 6.90. The molecule has 2 aliphatic heterocycles. The lowest BCUT2D eigenvalue weighted by molar-refractivity contribution is -0.769. The molecule has 0 aromatic heterocycles. The fraction of sp³-hybridized carbons (Fsp3) is 0.833. The monoisotopic (exact) mass is 694 g/mol. The van der Waals surface area contributed by atoms with Crippen molar-refractivity contribution in [1.29, 1.82) is 0 Å². The van der Waals surface area contributed by atoms with Crippen molar-refractivity contribution in [2.45, 2.75) is 76.0 Å².